The fourth-order valence-electron chi connectivity index (χ4n) is 8.87. The second kappa shape index (κ2) is 12.9. The van der Waals surface area contributed by atoms with Crippen LogP contribution in [-0.2, 0) is 16.9 Å². The Kier molecular flexibility index (Phi) is 8.46. The molecule has 4 aliphatic rings. The molecular weight excluding hydrogens is 607 g/mol. The van der Waals surface area contributed by atoms with Gasteiger partial charge in [0.25, 0.3) is 5.91 Å². The number of amides is 2. The van der Waals surface area contributed by atoms with Crippen LogP contribution in [0.3, 0.4) is 0 Å². The number of thiazole rings is 1. The summed E-state index contributed by atoms with van der Waals surface area (Å²) in [5, 5.41) is 7.66. The molecule has 3 aromatic heterocycles. The molecule has 47 heavy (non-hydrogen) atoms. The summed E-state index contributed by atoms with van der Waals surface area (Å²) in [5.41, 5.74) is 5.55. The summed E-state index contributed by atoms with van der Waals surface area (Å²) in [7, 11) is 0. The van der Waals surface area contributed by atoms with Crippen LogP contribution >= 0.6 is 11.3 Å². The predicted molar refractivity (Wildman–Crippen MR) is 186 cm³/mol. The van der Waals surface area contributed by atoms with Crippen molar-refractivity contribution in [1.29, 1.82) is 0 Å². The Balaban J connectivity index is 1.15. The zero-order valence-corrected chi connectivity index (χ0v) is 28.5. The first-order chi connectivity index (χ1) is 23.0. The molecule has 0 bridgehead atoms. The highest BCUT2D eigenvalue weighted by atomic mass is 32.1. The Hall–Kier alpha value is -3.43. The van der Waals surface area contributed by atoms with Crippen molar-refractivity contribution in [3.05, 3.63) is 64.0 Å². The summed E-state index contributed by atoms with van der Waals surface area (Å²) in [6.45, 7) is 6.29. The molecule has 8 rings (SSSR count). The number of aryl methyl sites for hydroxylation is 1. The lowest BCUT2D eigenvalue weighted by Crippen LogP contribution is -2.51. The van der Waals surface area contributed by atoms with E-state index < -0.39 is 5.54 Å². The third-order valence-corrected chi connectivity index (χ3v) is 12.4. The highest BCUT2D eigenvalue weighted by molar-refractivity contribution is 7.09. The molecule has 0 spiro atoms. The summed E-state index contributed by atoms with van der Waals surface area (Å²) < 4.78 is 7.85. The van der Waals surface area contributed by atoms with Gasteiger partial charge in [0.15, 0.2) is 0 Å². The van der Waals surface area contributed by atoms with Gasteiger partial charge in [0.2, 0.25) is 5.91 Å². The largest absolute Gasteiger partial charge is 0.472 e. The Bertz CT molecular complexity index is 1730. The van der Waals surface area contributed by atoms with E-state index in [1.165, 1.54) is 50.8 Å². The first-order valence-corrected chi connectivity index (χ1v) is 18.8. The number of nitrogens with one attached hydrogen (secondary N) is 1. The van der Waals surface area contributed by atoms with Crippen molar-refractivity contribution in [3.8, 4) is 11.3 Å². The third kappa shape index (κ3) is 5.84. The second-order valence-corrected chi connectivity index (χ2v) is 15.5. The van der Waals surface area contributed by atoms with Crippen molar-refractivity contribution in [3.63, 3.8) is 0 Å². The lowest BCUT2D eigenvalue weighted by atomic mass is 9.74. The van der Waals surface area contributed by atoms with Crippen molar-refractivity contribution in [2.45, 2.75) is 108 Å². The molecule has 0 unspecified atom stereocenters. The normalized spacial score (nSPS) is 20.9. The van der Waals surface area contributed by atoms with Crippen LogP contribution in [-0.4, -0.2) is 63.4 Å². The molecule has 4 aromatic rings. The van der Waals surface area contributed by atoms with E-state index in [0.29, 0.717) is 17.5 Å². The number of rotatable bonds is 8. The summed E-state index contributed by atoms with van der Waals surface area (Å²) in [5.74, 6) is 0.489. The van der Waals surface area contributed by atoms with Crippen LogP contribution in [0.5, 0.6) is 0 Å². The summed E-state index contributed by atoms with van der Waals surface area (Å²) in [6.07, 6.45) is 17.1. The Morgan fingerprint density at radius 1 is 0.979 bits per heavy atom. The van der Waals surface area contributed by atoms with Crippen molar-refractivity contribution >= 4 is 34.1 Å². The van der Waals surface area contributed by atoms with Gasteiger partial charge in [-0.15, -0.1) is 11.3 Å². The lowest BCUT2D eigenvalue weighted by Gasteiger charge is -2.41. The second-order valence-electron chi connectivity index (χ2n) is 14.4. The first-order valence-electron chi connectivity index (χ1n) is 17.9. The SMILES string of the molecule is Cc1nc(C2(NC(=O)c3ccc4c(C5CCCCC5)c(-c5ccoc5)n(CC(=O)N5CCC(N6CCCC6)CC5)c4c3)CCC2)cs1. The quantitative estimate of drug-likeness (QED) is 0.212. The lowest BCUT2D eigenvalue weighted by molar-refractivity contribution is -0.133. The summed E-state index contributed by atoms with van der Waals surface area (Å²) in [4.78, 5) is 37.6. The molecule has 4 fully saturated rings. The number of hydrogen-bond donors (Lipinski definition) is 1. The molecular formula is C38H47N5O3S. The van der Waals surface area contributed by atoms with Crippen LogP contribution in [0.2, 0.25) is 0 Å². The number of fused-ring (bicyclic) bond motifs is 1. The molecule has 9 heteroatoms. The molecule has 0 atom stereocenters. The number of carbonyl (C=O) groups excluding carboxylic acids is 2. The summed E-state index contributed by atoms with van der Waals surface area (Å²) >= 11 is 1.64. The smallest absolute Gasteiger partial charge is 0.252 e. The molecule has 5 heterocycles. The zero-order chi connectivity index (χ0) is 32.0. The number of likely N-dealkylation sites (tertiary alicyclic amines) is 2. The van der Waals surface area contributed by atoms with Crippen LogP contribution in [0.1, 0.15) is 110 Å². The van der Waals surface area contributed by atoms with Crippen LogP contribution in [0.4, 0.5) is 0 Å². The van der Waals surface area contributed by atoms with Crippen molar-refractivity contribution in [2.24, 2.45) is 0 Å². The van der Waals surface area contributed by atoms with Gasteiger partial charge in [-0.1, -0.05) is 25.3 Å². The number of piperidine rings is 1. The number of furan rings is 1. The van der Waals surface area contributed by atoms with Crippen molar-refractivity contribution in [1.82, 2.24) is 24.7 Å². The van der Waals surface area contributed by atoms with Gasteiger partial charge in [-0.2, -0.15) is 0 Å². The number of benzene rings is 1. The fraction of sp³-hybridized carbons (Fsp3) is 0.553. The van der Waals surface area contributed by atoms with Gasteiger partial charge >= 0.3 is 0 Å². The van der Waals surface area contributed by atoms with Gasteiger partial charge in [-0.05, 0) is 107 Å². The van der Waals surface area contributed by atoms with E-state index in [1.54, 1.807) is 17.6 Å². The molecule has 2 aliphatic heterocycles. The number of hydrogen-bond acceptors (Lipinski definition) is 6. The molecule has 2 saturated carbocycles. The average Bonchev–Trinajstić information content (AvgIpc) is 3.91. The minimum Gasteiger partial charge on any atom is -0.472 e. The molecule has 0 radical (unpaired) electrons. The Morgan fingerprint density at radius 3 is 2.43 bits per heavy atom. The van der Waals surface area contributed by atoms with E-state index in [9.17, 15) is 9.59 Å². The number of nitrogens with zero attached hydrogens (tertiary/aromatic N) is 4. The summed E-state index contributed by atoms with van der Waals surface area (Å²) in [6, 6.07) is 8.78. The van der Waals surface area contributed by atoms with Gasteiger partial charge in [-0.25, -0.2) is 4.98 Å². The van der Waals surface area contributed by atoms with E-state index in [1.807, 2.05) is 31.4 Å². The Labute approximate surface area is 281 Å². The highest BCUT2D eigenvalue weighted by Gasteiger charge is 2.42. The maximum absolute atomic E-state index is 14.1. The predicted octanol–water partition coefficient (Wildman–Crippen LogP) is 7.61. The van der Waals surface area contributed by atoms with Crippen LogP contribution < -0.4 is 5.32 Å². The number of carbonyl (C=O) groups is 2. The highest BCUT2D eigenvalue weighted by Crippen LogP contribution is 2.45. The monoisotopic (exact) mass is 653 g/mol. The molecule has 1 N–H and O–H groups in total. The van der Waals surface area contributed by atoms with Crippen LogP contribution in [0.25, 0.3) is 22.2 Å². The molecule has 248 valence electrons. The molecule has 1 aromatic carbocycles. The molecule has 2 aliphatic carbocycles. The van der Waals surface area contributed by atoms with Gasteiger partial charge in [-0.3, -0.25) is 9.59 Å². The van der Waals surface area contributed by atoms with Gasteiger partial charge in [0.05, 0.1) is 40.0 Å². The van der Waals surface area contributed by atoms with Gasteiger partial charge < -0.3 is 24.1 Å². The standard InChI is InChI=1S/C38H47N5O3S/c1-26-39-33(25-47-26)38(15-7-16-38)40-37(45)28-10-11-31-32(22-28)43(23-34(44)42-19-12-30(13-20-42)41-17-5-6-18-41)36(29-14-21-46-24-29)35(31)27-8-3-2-4-9-27/h10-11,14,21-22,24-25,27,30H,2-9,12-13,15-20,23H2,1H3,(H,40,45). The Morgan fingerprint density at radius 2 is 1.77 bits per heavy atom. The maximum Gasteiger partial charge on any atom is 0.252 e. The van der Waals surface area contributed by atoms with E-state index in [4.69, 9.17) is 9.40 Å². The van der Waals surface area contributed by atoms with E-state index in [2.05, 4.69) is 31.1 Å². The van der Waals surface area contributed by atoms with Crippen molar-refractivity contribution in [2.75, 3.05) is 26.2 Å². The minimum absolute atomic E-state index is 0.0793. The van der Waals surface area contributed by atoms with E-state index in [0.717, 1.165) is 90.9 Å². The van der Waals surface area contributed by atoms with Crippen LogP contribution in [0.15, 0.2) is 46.6 Å². The first kappa shape index (κ1) is 30.9. The van der Waals surface area contributed by atoms with E-state index in [-0.39, 0.29) is 18.4 Å². The van der Waals surface area contributed by atoms with Gasteiger partial charge in [0, 0.05) is 41.0 Å². The van der Waals surface area contributed by atoms with Crippen molar-refractivity contribution < 1.29 is 14.0 Å². The van der Waals surface area contributed by atoms with E-state index >= 15 is 0 Å². The topological polar surface area (TPSA) is 83.6 Å². The third-order valence-electron chi connectivity index (χ3n) is 11.6. The average molecular weight is 654 g/mol. The molecule has 2 saturated heterocycles. The molecule has 2 amide bonds. The van der Waals surface area contributed by atoms with Crippen LogP contribution in [0, 0.1) is 6.92 Å². The molecule has 8 nitrogen and oxygen atoms in total. The minimum atomic E-state index is -0.398. The zero-order valence-electron chi connectivity index (χ0n) is 27.6. The van der Waals surface area contributed by atoms with Gasteiger partial charge in [0.1, 0.15) is 6.54 Å². The fourth-order valence-corrected chi connectivity index (χ4v) is 9.58. The maximum atomic E-state index is 14.1. The number of aromatic nitrogens is 2.